The number of methoxy groups -OCH3 is 1. The van der Waals surface area contributed by atoms with Gasteiger partial charge >= 0.3 is 18.0 Å². The number of aromatic nitrogens is 1. The first-order chi connectivity index (χ1) is 15.2. The van der Waals surface area contributed by atoms with Crippen LogP contribution >= 0.6 is 0 Å². The van der Waals surface area contributed by atoms with E-state index in [1.54, 1.807) is 24.3 Å². The van der Waals surface area contributed by atoms with Gasteiger partial charge in [0.15, 0.2) is 5.92 Å². The zero-order chi connectivity index (χ0) is 23.3. The summed E-state index contributed by atoms with van der Waals surface area (Å²) in [5.74, 6) is -4.35. The van der Waals surface area contributed by atoms with E-state index in [1.165, 1.54) is 43.8 Å². The van der Waals surface area contributed by atoms with Crippen LogP contribution in [-0.4, -0.2) is 42.7 Å². The molecule has 0 amide bonds. The van der Waals surface area contributed by atoms with Crippen molar-refractivity contribution in [3.05, 3.63) is 66.6 Å². The van der Waals surface area contributed by atoms with Crippen LogP contribution < -0.4 is 14.8 Å². The molecule has 0 saturated heterocycles. The number of carbonyl (C=O) groups is 2. The lowest BCUT2D eigenvalue weighted by molar-refractivity contribution is -0.155. The fourth-order valence-corrected chi connectivity index (χ4v) is 3.86. The molecule has 4 N–H and O–H groups in total. The molecule has 32 heavy (non-hydrogen) atoms. The number of anilines is 2. The molecule has 11 nitrogen and oxygen atoms in total. The van der Waals surface area contributed by atoms with Crippen LogP contribution in [0.2, 0.25) is 0 Å². The van der Waals surface area contributed by atoms with E-state index in [9.17, 15) is 28.2 Å². The predicted molar refractivity (Wildman–Crippen MR) is 112 cm³/mol. The first kappa shape index (κ1) is 22.6. The van der Waals surface area contributed by atoms with Gasteiger partial charge in [0.1, 0.15) is 12.0 Å². The molecule has 168 valence electrons. The first-order valence-electron chi connectivity index (χ1n) is 9.10. The van der Waals surface area contributed by atoms with E-state index in [-0.39, 0.29) is 10.9 Å². The maximum absolute atomic E-state index is 12.4. The number of nitrogens with one attached hydrogen (secondary N) is 2. The van der Waals surface area contributed by atoms with Gasteiger partial charge in [-0.1, -0.05) is 12.1 Å². The van der Waals surface area contributed by atoms with Gasteiger partial charge in [-0.25, -0.2) is 18.1 Å². The minimum absolute atomic E-state index is 0.102. The fraction of sp³-hybridized carbons (Fsp3) is 0.150. The van der Waals surface area contributed by atoms with Gasteiger partial charge in [0.05, 0.1) is 24.2 Å². The summed E-state index contributed by atoms with van der Waals surface area (Å²) < 4.78 is 36.9. The van der Waals surface area contributed by atoms with E-state index >= 15 is 0 Å². The average molecular weight is 461 g/mol. The Hall–Kier alpha value is -4.06. The van der Waals surface area contributed by atoms with Crippen molar-refractivity contribution in [2.24, 2.45) is 5.92 Å². The SMILES string of the molecule is COc1ccc(C(Nc2ccc(S(=O)(=O)Nc3ncco3)cc2)C(C(=O)O)C(=O)O)cc1. The van der Waals surface area contributed by atoms with Crippen molar-refractivity contribution in [2.75, 3.05) is 17.1 Å². The lowest BCUT2D eigenvalue weighted by Crippen LogP contribution is -2.34. The highest BCUT2D eigenvalue weighted by Gasteiger charge is 2.36. The third kappa shape index (κ3) is 5.16. The fourth-order valence-electron chi connectivity index (χ4n) is 2.92. The largest absolute Gasteiger partial charge is 0.497 e. The standard InChI is InChI=1S/C20H19N3O8S/c1-30-14-6-2-12(3-7-14)17(16(18(24)25)19(26)27)22-13-4-8-15(9-5-13)32(28,29)23-20-21-10-11-31-20/h2-11,16-17,22H,1H3,(H,21,23)(H,24,25)(H,26,27). The molecule has 0 aliphatic carbocycles. The number of ether oxygens (including phenoxy) is 1. The number of carboxylic acid groups (broad SMARTS) is 2. The molecule has 1 unspecified atom stereocenters. The Morgan fingerprint density at radius 3 is 2.16 bits per heavy atom. The number of hydrogen-bond donors (Lipinski definition) is 4. The number of aliphatic carboxylic acids is 2. The van der Waals surface area contributed by atoms with Crippen molar-refractivity contribution in [2.45, 2.75) is 10.9 Å². The molecular formula is C20H19N3O8S. The van der Waals surface area contributed by atoms with Gasteiger partial charge in [0.25, 0.3) is 10.0 Å². The van der Waals surface area contributed by atoms with Gasteiger partial charge < -0.3 is 24.7 Å². The molecule has 0 bridgehead atoms. The zero-order valence-corrected chi connectivity index (χ0v) is 17.4. The van der Waals surface area contributed by atoms with Crippen molar-refractivity contribution >= 4 is 33.7 Å². The Kier molecular flexibility index (Phi) is 6.64. The molecule has 3 rings (SSSR count). The summed E-state index contributed by atoms with van der Waals surface area (Å²) in [6.45, 7) is 0. The number of sulfonamides is 1. The van der Waals surface area contributed by atoms with E-state index in [0.29, 0.717) is 17.0 Å². The van der Waals surface area contributed by atoms with E-state index in [0.717, 1.165) is 0 Å². The molecule has 0 aliphatic heterocycles. The lowest BCUT2D eigenvalue weighted by Gasteiger charge is -2.24. The van der Waals surface area contributed by atoms with Crippen molar-refractivity contribution < 1.29 is 37.4 Å². The smallest absolute Gasteiger partial charge is 0.320 e. The Morgan fingerprint density at radius 1 is 1.03 bits per heavy atom. The van der Waals surface area contributed by atoms with Crippen LogP contribution in [0, 0.1) is 5.92 Å². The number of carboxylic acids is 2. The summed E-state index contributed by atoms with van der Waals surface area (Å²) in [5, 5.41) is 21.8. The number of hydrogen-bond acceptors (Lipinski definition) is 8. The van der Waals surface area contributed by atoms with Gasteiger partial charge in [-0.05, 0) is 42.0 Å². The predicted octanol–water partition coefficient (Wildman–Crippen LogP) is 2.42. The Bertz CT molecular complexity index is 1160. The van der Waals surface area contributed by atoms with Crippen LogP contribution in [0.1, 0.15) is 11.6 Å². The average Bonchev–Trinajstić information content (AvgIpc) is 3.25. The van der Waals surface area contributed by atoms with Crippen molar-refractivity contribution in [1.29, 1.82) is 0 Å². The first-order valence-corrected chi connectivity index (χ1v) is 10.6. The normalized spacial score (nSPS) is 12.2. The molecular weight excluding hydrogens is 442 g/mol. The minimum atomic E-state index is -3.97. The topological polar surface area (TPSA) is 168 Å². The molecule has 1 heterocycles. The molecule has 0 aliphatic rings. The Labute approximate surface area is 182 Å². The summed E-state index contributed by atoms with van der Waals surface area (Å²) in [5.41, 5.74) is 0.705. The third-order valence-corrected chi connectivity index (χ3v) is 5.82. The van der Waals surface area contributed by atoms with Crippen LogP contribution in [-0.2, 0) is 19.6 Å². The quantitative estimate of drug-likeness (QED) is 0.329. The molecule has 2 aromatic carbocycles. The second-order valence-corrected chi connectivity index (χ2v) is 8.20. The Morgan fingerprint density at radius 2 is 1.66 bits per heavy atom. The molecule has 1 atom stereocenters. The number of nitrogens with zero attached hydrogens (tertiary/aromatic N) is 1. The summed E-state index contributed by atoms with van der Waals surface area (Å²) in [6, 6.07) is 10.2. The molecule has 0 fully saturated rings. The molecule has 0 saturated carbocycles. The van der Waals surface area contributed by atoms with Gasteiger partial charge in [-0.2, -0.15) is 0 Å². The summed E-state index contributed by atoms with van der Waals surface area (Å²) in [4.78, 5) is 26.9. The molecule has 0 spiro atoms. The zero-order valence-electron chi connectivity index (χ0n) is 16.6. The summed E-state index contributed by atoms with van der Waals surface area (Å²) in [7, 11) is -2.50. The van der Waals surface area contributed by atoms with Crippen LogP contribution in [0.3, 0.4) is 0 Å². The molecule has 12 heteroatoms. The Balaban J connectivity index is 1.88. The van der Waals surface area contributed by atoms with E-state index < -0.39 is 33.9 Å². The number of oxazole rings is 1. The van der Waals surface area contributed by atoms with Crippen molar-refractivity contribution in [1.82, 2.24) is 4.98 Å². The van der Waals surface area contributed by atoms with Crippen molar-refractivity contribution in [3.63, 3.8) is 0 Å². The van der Waals surface area contributed by atoms with Crippen LogP contribution in [0.5, 0.6) is 5.75 Å². The summed E-state index contributed by atoms with van der Waals surface area (Å²) >= 11 is 0. The van der Waals surface area contributed by atoms with Gasteiger partial charge in [-0.3, -0.25) is 9.59 Å². The molecule has 3 aromatic rings. The minimum Gasteiger partial charge on any atom is -0.497 e. The highest BCUT2D eigenvalue weighted by Crippen LogP contribution is 2.30. The molecule has 1 aromatic heterocycles. The maximum Gasteiger partial charge on any atom is 0.320 e. The van der Waals surface area contributed by atoms with E-state index in [1.807, 2.05) is 0 Å². The number of benzene rings is 2. The maximum atomic E-state index is 12.4. The second-order valence-electron chi connectivity index (χ2n) is 6.52. The third-order valence-electron chi connectivity index (χ3n) is 4.48. The van der Waals surface area contributed by atoms with Gasteiger partial charge in [0.2, 0.25) is 0 Å². The van der Waals surface area contributed by atoms with E-state index in [2.05, 4.69) is 15.0 Å². The van der Waals surface area contributed by atoms with E-state index in [4.69, 9.17) is 9.15 Å². The van der Waals surface area contributed by atoms with Crippen LogP contribution in [0.4, 0.5) is 11.7 Å². The van der Waals surface area contributed by atoms with Crippen LogP contribution in [0.15, 0.2) is 70.3 Å². The highest BCUT2D eigenvalue weighted by molar-refractivity contribution is 7.92. The van der Waals surface area contributed by atoms with Gasteiger partial charge in [-0.15, -0.1) is 0 Å². The number of rotatable bonds is 10. The van der Waals surface area contributed by atoms with Gasteiger partial charge in [0, 0.05) is 5.69 Å². The summed E-state index contributed by atoms with van der Waals surface area (Å²) in [6.07, 6.45) is 2.50. The lowest BCUT2D eigenvalue weighted by atomic mass is 9.92. The van der Waals surface area contributed by atoms with Crippen molar-refractivity contribution in [3.8, 4) is 5.75 Å². The van der Waals surface area contributed by atoms with Crippen LogP contribution in [0.25, 0.3) is 0 Å². The monoisotopic (exact) mass is 461 g/mol. The molecule has 0 radical (unpaired) electrons. The second kappa shape index (κ2) is 9.39. The highest BCUT2D eigenvalue weighted by atomic mass is 32.2.